The molecule has 32 heavy (non-hydrogen) atoms. The number of carbonyl (C=O) groups excluding carboxylic acids is 1. The molecule has 5 nitrogen and oxygen atoms in total. The zero-order valence-electron chi connectivity index (χ0n) is 18.0. The number of ether oxygens (including phenoxy) is 1. The zero-order chi connectivity index (χ0) is 22.5. The van der Waals surface area contributed by atoms with Gasteiger partial charge in [0.05, 0.1) is 6.54 Å². The summed E-state index contributed by atoms with van der Waals surface area (Å²) < 4.78 is 7.74. The summed E-state index contributed by atoms with van der Waals surface area (Å²) in [5.74, 6) is 1.14. The van der Waals surface area contributed by atoms with E-state index >= 15 is 0 Å². The van der Waals surface area contributed by atoms with Crippen LogP contribution in [0.1, 0.15) is 32.6 Å². The molecule has 0 atom stereocenters. The number of aryl methyl sites for hydroxylation is 2. The third-order valence-corrected chi connectivity index (χ3v) is 5.32. The number of carbonyl (C=O) groups is 1. The van der Waals surface area contributed by atoms with E-state index in [0.29, 0.717) is 29.6 Å². The van der Waals surface area contributed by atoms with Crippen LogP contribution in [-0.2, 0) is 13.2 Å². The minimum Gasteiger partial charge on any atom is -0.489 e. The van der Waals surface area contributed by atoms with Gasteiger partial charge in [-0.05, 0) is 66.4 Å². The zero-order valence-corrected chi connectivity index (χ0v) is 18.8. The molecule has 0 aliphatic rings. The van der Waals surface area contributed by atoms with Crippen molar-refractivity contribution in [2.75, 3.05) is 5.32 Å². The molecule has 0 aliphatic carbocycles. The Balaban J connectivity index is 1.38. The van der Waals surface area contributed by atoms with Crippen LogP contribution in [0.15, 0.2) is 79.0 Å². The quantitative estimate of drug-likeness (QED) is 0.377. The van der Waals surface area contributed by atoms with E-state index in [1.54, 1.807) is 16.8 Å². The molecule has 1 aromatic heterocycles. The first-order valence-corrected chi connectivity index (χ1v) is 10.7. The molecule has 6 heteroatoms. The van der Waals surface area contributed by atoms with Crippen molar-refractivity contribution in [1.29, 1.82) is 0 Å². The van der Waals surface area contributed by atoms with Crippen molar-refractivity contribution in [3.8, 4) is 5.75 Å². The first-order chi connectivity index (χ1) is 15.5. The van der Waals surface area contributed by atoms with Gasteiger partial charge in [0.25, 0.3) is 5.91 Å². The number of benzene rings is 3. The van der Waals surface area contributed by atoms with Gasteiger partial charge in [0.15, 0.2) is 5.82 Å². The maximum atomic E-state index is 12.7. The molecule has 0 radical (unpaired) electrons. The summed E-state index contributed by atoms with van der Waals surface area (Å²) in [4.78, 5) is 12.7. The molecule has 0 spiro atoms. The molecule has 4 rings (SSSR count). The summed E-state index contributed by atoms with van der Waals surface area (Å²) in [5.41, 5.74) is 4.78. The average molecular weight is 446 g/mol. The Labute approximate surface area is 192 Å². The van der Waals surface area contributed by atoms with Crippen molar-refractivity contribution in [2.24, 2.45) is 0 Å². The Morgan fingerprint density at radius 1 is 1.00 bits per heavy atom. The molecule has 0 saturated carbocycles. The molecule has 162 valence electrons. The second-order valence-corrected chi connectivity index (χ2v) is 8.17. The van der Waals surface area contributed by atoms with Gasteiger partial charge in [0.2, 0.25) is 0 Å². The van der Waals surface area contributed by atoms with Crippen LogP contribution in [-0.4, -0.2) is 15.7 Å². The first kappa shape index (κ1) is 21.7. The Kier molecular flexibility index (Phi) is 6.57. The van der Waals surface area contributed by atoms with E-state index in [4.69, 9.17) is 16.3 Å². The lowest BCUT2D eigenvalue weighted by Gasteiger charge is -2.11. The lowest BCUT2D eigenvalue weighted by molar-refractivity contribution is 0.102. The Morgan fingerprint density at radius 2 is 1.81 bits per heavy atom. The van der Waals surface area contributed by atoms with Gasteiger partial charge in [-0.3, -0.25) is 9.48 Å². The fourth-order valence-electron chi connectivity index (χ4n) is 3.31. The molecule has 1 heterocycles. The number of rotatable bonds is 7. The fraction of sp³-hybridized carbons (Fsp3) is 0.154. The SMILES string of the molecule is Cc1ccc(C)c(OCc2cccc(C(=O)Nc3ccn(Cc4ccc(Cl)cc4)n3)c2)c1. The highest BCUT2D eigenvalue weighted by atomic mass is 35.5. The predicted octanol–water partition coefficient (Wildman–Crippen LogP) is 6.03. The third kappa shape index (κ3) is 5.56. The summed E-state index contributed by atoms with van der Waals surface area (Å²) in [5, 5.41) is 7.99. The Bertz CT molecular complexity index is 1230. The van der Waals surface area contributed by atoms with Gasteiger partial charge in [0, 0.05) is 22.8 Å². The van der Waals surface area contributed by atoms with Gasteiger partial charge in [-0.2, -0.15) is 5.10 Å². The Hall–Kier alpha value is -3.57. The van der Waals surface area contributed by atoms with Crippen molar-refractivity contribution in [3.63, 3.8) is 0 Å². The minimum atomic E-state index is -0.213. The standard InChI is InChI=1S/C26H24ClN3O2/c1-18-6-7-19(2)24(14-18)32-17-21-4-3-5-22(15-21)26(31)28-25-12-13-30(29-25)16-20-8-10-23(27)11-9-20/h3-15H,16-17H2,1-2H3,(H,28,29,31). The van der Waals surface area contributed by atoms with Crippen LogP contribution in [0.2, 0.25) is 5.02 Å². The van der Waals surface area contributed by atoms with E-state index in [1.807, 2.05) is 74.6 Å². The van der Waals surface area contributed by atoms with Gasteiger partial charge in [-0.1, -0.05) is 48.0 Å². The minimum absolute atomic E-state index is 0.213. The number of anilines is 1. The highest BCUT2D eigenvalue weighted by molar-refractivity contribution is 6.30. The van der Waals surface area contributed by atoms with E-state index in [9.17, 15) is 4.79 Å². The van der Waals surface area contributed by atoms with Crippen molar-refractivity contribution < 1.29 is 9.53 Å². The number of hydrogen-bond acceptors (Lipinski definition) is 3. The summed E-state index contributed by atoms with van der Waals surface area (Å²) in [6.07, 6.45) is 1.83. The average Bonchev–Trinajstić information content (AvgIpc) is 3.23. The first-order valence-electron chi connectivity index (χ1n) is 10.3. The van der Waals surface area contributed by atoms with Crippen molar-refractivity contribution >= 4 is 23.3 Å². The van der Waals surface area contributed by atoms with Crippen molar-refractivity contribution in [3.05, 3.63) is 112 Å². The fourth-order valence-corrected chi connectivity index (χ4v) is 3.43. The van der Waals surface area contributed by atoms with Crippen LogP contribution >= 0.6 is 11.6 Å². The highest BCUT2D eigenvalue weighted by Crippen LogP contribution is 2.21. The van der Waals surface area contributed by atoms with E-state index < -0.39 is 0 Å². The van der Waals surface area contributed by atoms with Gasteiger partial charge in [-0.15, -0.1) is 0 Å². The lowest BCUT2D eigenvalue weighted by Crippen LogP contribution is -2.13. The van der Waals surface area contributed by atoms with Crippen molar-refractivity contribution in [2.45, 2.75) is 27.0 Å². The molecule has 0 fully saturated rings. The lowest BCUT2D eigenvalue weighted by atomic mass is 10.1. The summed E-state index contributed by atoms with van der Waals surface area (Å²) in [7, 11) is 0. The van der Waals surface area contributed by atoms with Gasteiger partial charge in [0.1, 0.15) is 12.4 Å². The number of aromatic nitrogens is 2. The molecule has 4 aromatic rings. The maximum absolute atomic E-state index is 12.7. The van der Waals surface area contributed by atoms with Crippen LogP contribution in [0.3, 0.4) is 0 Å². The number of amides is 1. The smallest absolute Gasteiger partial charge is 0.256 e. The molecule has 1 N–H and O–H groups in total. The van der Waals surface area contributed by atoms with Gasteiger partial charge in [-0.25, -0.2) is 0 Å². The van der Waals surface area contributed by atoms with E-state index in [1.165, 1.54) is 0 Å². The van der Waals surface area contributed by atoms with Crippen LogP contribution in [0.25, 0.3) is 0 Å². The van der Waals surface area contributed by atoms with E-state index in [-0.39, 0.29) is 5.91 Å². The molecule has 3 aromatic carbocycles. The molecule has 1 amide bonds. The second kappa shape index (κ2) is 9.71. The molecule has 0 saturated heterocycles. The largest absolute Gasteiger partial charge is 0.489 e. The highest BCUT2D eigenvalue weighted by Gasteiger charge is 2.10. The summed E-state index contributed by atoms with van der Waals surface area (Å²) >= 11 is 5.93. The van der Waals surface area contributed by atoms with Crippen LogP contribution < -0.4 is 10.1 Å². The van der Waals surface area contributed by atoms with Crippen LogP contribution in [0, 0.1) is 13.8 Å². The Morgan fingerprint density at radius 3 is 2.62 bits per heavy atom. The molecule has 0 unspecified atom stereocenters. The predicted molar refractivity (Wildman–Crippen MR) is 127 cm³/mol. The maximum Gasteiger partial charge on any atom is 0.256 e. The third-order valence-electron chi connectivity index (χ3n) is 5.07. The molecule has 0 bridgehead atoms. The normalized spacial score (nSPS) is 10.7. The van der Waals surface area contributed by atoms with Crippen LogP contribution in [0.5, 0.6) is 5.75 Å². The van der Waals surface area contributed by atoms with Gasteiger partial charge >= 0.3 is 0 Å². The summed E-state index contributed by atoms with van der Waals surface area (Å²) in [6.45, 7) is 5.04. The topological polar surface area (TPSA) is 56.1 Å². The monoisotopic (exact) mass is 445 g/mol. The van der Waals surface area contributed by atoms with E-state index in [0.717, 1.165) is 28.0 Å². The van der Waals surface area contributed by atoms with Crippen LogP contribution in [0.4, 0.5) is 5.82 Å². The molecular formula is C26H24ClN3O2. The van der Waals surface area contributed by atoms with E-state index in [2.05, 4.69) is 16.5 Å². The molecule has 0 aliphatic heterocycles. The number of nitrogens with one attached hydrogen (secondary N) is 1. The number of nitrogens with zero attached hydrogens (tertiary/aromatic N) is 2. The van der Waals surface area contributed by atoms with Gasteiger partial charge < -0.3 is 10.1 Å². The number of hydrogen-bond donors (Lipinski definition) is 1. The number of halogens is 1. The van der Waals surface area contributed by atoms with Crippen molar-refractivity contribution in [1.82, 2.24) is 9.78 Å². The molecular weight excluding hydrogens is 422 g/mol. The second-order valence-electron chi connectivity index (χ2n) is 7.74. The summed E-state index contributed by atoms with van der Waals surface area (Å²) in [6, 6.07) is 22.9.